The quantitative estimate of drug-likeness (QED) is 0.777. The first-order chi connectivity index (χ1) is 10.2. The third kappa shape index (κ3) is 2.67. The van der Waals surface area contributed by atoms with Gasteiger partial charge in [-0.3, -0.25) is 0 Å². The summed E-state index contributed by atoms with van der Waals surface area (Å²) in [5.74, 6) is -1.09. The summed E-state index contributed by atoms with van der Waals surface area (Å²) in [7, 11) is 1.81. The van der Waals surface area contributed by atoms with Crippen LogP contribution in [0.5, 0.6) is 0 Å². The fraction of sp³-hybridized carbons (Fsp3) is 0.176. The number of benzene rings is 2. The zero-order valence-corrected chi connectivity index (χ0v) is 11.6. The molecule has 0 aliphatic rings. The number of halogens is 2. The molecular formula is C17H15F2NO. The fourth-order valence-electron chi connectivity index (χ4n) is 2.54. The maximum absolute atomic E-state index is 13.8. The van der Waals surface area contributed by atoms with E-state index >= 15 is 0 Å². The molecule has 3 rings (SSSR count). The van der Waals surface area contributed by atoms with Crippen molar-refractivity contribution in [3.05, 3.63) is 71.5 Å². The highest BCUT2D eigenvalue weighted by Crippen LogP contribution is 2.28. The first-order valence-electron chi connectivity index (χ1n) is 6.76. The van der Waals surface area contributed by atoms with E-state index in [1.165, 1.54) is 12.1 Å². The molecule has 1 N–H and O–H groups in total. The fourth-order valence-corrected chi connectivity index (χ4v) is 2.54. The van der Waals surface area contributed by atoms with Crippen molar-refractivity contribution in [1.29, 1.82) is 0 Å². The largest absolute Gasteiger partial charge is 0.464 e. The van der Waals surface area contributed by atoms with Crippen LogP contribution in [0.25, 0.3) is 11.0 Å². The predicted molar refractivity (Wildman–Crippen MR) is 78.1 cm³/mol. The minimum Gasteiger partial charge on any atom is -0.464 e. The number of rotatable bonds is 4. The lowest BCUT2D eigenvalue weighted by molar-refractivity contribution is 0.533. The summed E-state index contributed by atoms with van der Waals surface area (Å²) in [5, 5.41) is 4.17. The summed E-state index contributed by atoms with van der Waals surface area (Å²) in [5.41, 5.74) is 2.24. The Balaban J connectivity index is 1.95. The van der Waals surface area contributed by atoms with Gasteiger partial charge in [0.25, 0.3) is 0 Å². The number of hydrogen-bond acceptors (Lipinski definition) is 2. The van der Waals surface area contributed by atoms with Gasteiger partial charge in [0, 0.05) is 23.1 Å². The molecule has 0 amide bonds. The SMILES string of the molecule is CNC(Cc1ccc(F)cc1F)c1coc2ccccc12. The number of hydrogen-bond donors (Lipinski definition) is 1. The maximum Gasteiger partial charge on any atom is 0.134 e. The first-order valence-corrected chi connectivity index (χ1v) is 6.76. The van der Waals surface area contributed by atoms with E-state index in [4.69, 9.17) is 4.42 Å². The van der Waals surface area contributed by atoms with Gasteiger partial charge in [-0.05, 0) is 31.2 Å². The van der Waals surface area contributed by atoms with Crippen LogP contribution in [0, 0.1) is 11.6 Å². The second kappa shape index (κ2) is 5.66. The average Bonchev–Trinajstić information content (AvgIpc) is 2.91. The number of para-hydroxylation sites is 1. The van der Waals surface area contributed by atoms with Crippen LogP contribution >= 0.6 is 0 Å². The van der Waals surface area contributed by atoms with E-state index in [2.05, 4.69) is 5.32 Å². The third-order valence-corrected chi connectivity index (χ3v) is 3.67. The Hall–Kier alpha value is -2.20. The van der Waals surface area contributed by atoms with E-state index in [0.717, 1.165) is 22.6 Å². The van der Waals surface area contributed by atoms with Gasteiger partial charge in [-0.2, -0.15) is 0 Å². The van der Waals surface area contributed by atoms with Gasteiger partial charge in [0.1, 0.15) is 17.2 Å². The lowest BCUT2D eigenvalue weighted by Crippen LogP contribution is -2.19. The van der Waals surface area contributed by atoms with Crippen molar-refractivity contribution < 1.29 is 13.2 Å². The smallest absolute Gasteiger partial charge is 0.134 e. The van der Waals surface area contributed by atoms with Crippen molar-refractivity contribution in [2.75, 3.05) is 7.05 Å². The van der Waals surface area contributed by atoms with Gasteiger partial charge in [-0.25, -0.2) is 8.78 Å². The third-order valence-electron chi connectivity index (χ3n) is 3.67. The van der Waals surface area contributed by atoms with Crippen LogP contribution in [0.15, 0.2) is 53.1 Å². The minimum absolute atomic E-state index is 0.103. The molecule has 0 bridgehead atoms. The van der Waals surface area contributed by atoms with Gasteiger partial charge in [0.05, 0.1) is 6.26 Å². The summed E-state index contributed by atoms with van der Waals surface area (Å²) in [4.78, 5) is 0. The Morgan fingerprint density at radius 3 is 2.71 bits per heavy atom. The maximum atomic E-state index is 13.8. The highest BCUT2D eigenvalue weighted by atomic mass is 19.1. The van der Waals surface area contributed by atoms with Crippen LogP contribution in [0.3, 0.4) is 0 Å². The molecule has 2 aromatic carbocycles. The second-order valence-electron chi connectivity index (χ2n) is 4.97. The molecule has 0 radical (unpaired) electrons. The molecule has 1 unspecified atom stereocenters. The Labute approximate surface area is 121 Å². The topological polar surface area (TPSA) is 25.2 Å². The number of likely N-dealkylation sites (N-methyl/N-ethyl adjacent to an activating group) is 1. The normalized spacial score (nSPS) is 12.7. The summed E-state index contributed by atoms with van der Waals surface area (Å²) >= 11 is 0. The Morgan fingerprint density at radius 2 is 1.95 bits per heavy atom. The van der Waals surface area contributed by atoms with Gasteiger partial charge in [-0.1, -0.05) is 24.3 Å². The van der Waals surface area contributed by atoms with Gasteiger partial charge >= 0.3 is 0 Å². The Morgan fingerprint density at radius 1 is 1.14 bits per heavy atom. The van der Waals surface area contributed by atoms with E-state index in [0.29, 0.717) is 12.0 Å². The summed E-state index contributed by atoms with van der Waals surface area (Å²) in [6.45, 7) is 0. The van der Waals surface area contributed by atoms with E-state index in [-0.39, 0.29) is 6.04 Å². The number of furan rings is 1. The Bertz CT molecular complexity index is 766. The molecule has 0 fully saturated rings. The summed E-state index contributed by atoms with van der Waals surface area (Å²) < 4.78 is 32.3. The lowest BCUT2D eigenvalue weighted by Gasteiger charge is -2.15. The molecule has 0 saturated carbocycles. The Kier molecular flexibility index (Phi) is 3.71. The van der Waals surface area contributed by atoms with Crippen molar-refractivity contribution in [1.82, 2.24) is 5.32 Å². The molecule has 1 aromatic heterocycles. The molecule has 3 aromatic rings. The highest BCUT2D eigenvalue weighted by Gasteiger charge is 2.17. The van der Waals surface area contributed by atoms with Gasteiger partial charge in [0.2, 0.25) is 0 Å². The van der Waals surface area contributed by atoms with Crippen LogP contribution < -0.4 is 5.32 Å². The average molecular weight is 287 g/mol. The van der Waals surface area contributed by atoms with E-state index < -0.39 is 11.6 Å². The molecule has 2 nitrogen and oxygen atoms in total. The van der Waals surface area contributed by atoms with Crippen LogP contribution in [0.4, 0.5) is 8.78 Å². The van der Waals surface area contributed by atoms with Crippen LogP contribution in [0.2, 0.25) is 0 Å². The molecule has 0 spiro atoms. The van der Waals surface area contributed by atoms with E-state index in [1.807, 2.05) is 31.3 Å². The van der Waals surface area contributed by atoms with Crippen LogP contribution in [0.1, 0.15) is 17.2 Å². The van der Waals surface area contributed by atoms with E-state index in [1.54, 1.807) is 6.26 Å². The summed E-state index contributed by atoms with van der Waals surface area (Å²) in [6.07, 6.45) is 2.11. The standard InChI is InChI=1S/C17H15F2NO/c1-20-16(8-11-6-7-12(18)9-15(11)19)14-10-21-17-5-3-2-4-13(14)17/h2-7,9-10,16,20H,8H2,1H3. The van der Waals surface area contributed by atoms with Crippen molar-refractivity contribution in [2.24, 2.45) is 0 Å². The van der Waals surface area contributed by atoms with Crippen molar-refractivity contribution in [3.63, 3.8) is 0 Å². The lowest BCUT2D eigenvalue weighted by atomic mass is 9.98. The van der Waals surface area contributed by atoms with Crippen molar-refractivity contribution >= 4 is 11.0 Å². The molecular weight excluding hydrogens is 272 g/mol. The zero-order chi connectivity index (χ0) is 14.8. The van der Waals surface area contributed by atoms with Crippen molar-refractivity contribution in [3.8, 4) is 0 Å². The number of fused-ring (bicyclic) bond motifs is 1. The van der Waals surface area contributed by atoms with Crippen LogP contribution in [-0.2, 0) is 6.42 Å². The van der Waals surface area contributed by atoms with Gasteiger partial charge < -0.3 is 9.73 Å². The molecule has 1 atom stereocenters. The molecule has 108 valence electrons. The molecule has 0 aliphatic carbocycles. The second-order valence-corrected chi connectivity index (χ2v) is 4.97. The monoisotopic (exact) mass is 287 g/mol. The highest BCUT2D eigenvalue weighted by molar-refractivity contribution is 5.81. The van der Waals surface area contributed by atoms with Gasteiger partial charge in [-0.15, -0.1) is 0 Å². The summed E-state index contributed by atoms with van der Waals surface area (Å²) in [6, 6.07) is 11.3. The minimum atomic E-state index is -0.564. The van der Waals surface area contributed by atoms with E-state index in [9.17, 15) is 8.78 Å². The predicted octanol–water partition coefficient (Wildman–Crippen LogP) is 4.21. The molecule has 0 saturated heterocycles. The molecule has 4 heteroatoms. The molecule has 1 heterocycles. The van der Waals surface area contributed by atoms with Gasteiger partial charge in [0.15, 0.2) is 0 Å². The zero-order valence-electron chi connectivity index (χ0n) is 11.6. The molecule has 0 aliphatic heterocycles. The first kappa shape index (κ1) is 13.8. The van der Waals surface area contributed by atoms with Crippen molar-refractivity contribution in [2.45, 2.75) is 12.5 Å². The molecule has 21 heavy (non-hydrogen) atoms. The van der Waals surface area contributed by atoms with Crippen LogP contribution in [-0.4, -0.2) is 7.05 Å². The number of nitrogens with one attached hydrogen (secondary N) is 1.